The van der Waals surface area contributed by atoms with Crippen molar-refractivity contribution in [3.05, 3.63) is 314 Å². The second-order valence-corrected chi connectivity index (χ2v) is 28.8. The van der Waals surface area contributed by atoms with Crippen molar-refractivity contribution in [3.8, 4) is 100 Å². The molecule has 0 saturated heterocycles. The zero-order valence-electron chi connectivity index (χ0n) is 65.4. The molecule has 3 heterocycles. The summed E-state index contributed by atoms with van der Waals surface area (Å²) in [4.78, 5) is 0. The van der Waals surface area contributed by atoms with Crippen LogP contribution < -0.4 is 14.3 Å². The smallest absolute Gasteiger partial charge is 0.396 e. The molecule has 136 heavy (non-hydrogen) atoms. The molecule has 0 atom stereocenters. The van der Waals surface area contributed by atoms with Gasteiger partial charge in [-0.3, -0.25) is 0 Å². The minimum absolute atomic E-state index is 0.326. The Balaban J connectivity index is 1.20. The predicted molar refractivity (Wildman–Crippen MR) is 377 cm³/mol. The zero-order valence-corrected chi connectivity index (χ0v) is 65.4. The summed E-state index contributed by atoms with van der Waals surface area (Å²) in [6.45, 7) is 1.97. The van der Waals surface area contributed by atoms with Gasteiger partial charge in [-0.1, -0.05) is 0 Å². The number of hydrogen-bond donors (Lipinski definition) is 0. The maximum atomic E-state index is 17.2. The van der Waals surface area contributed by atoms with Gasteiger partial charge in [-0.15, -0.1) is 0 Å². The number of rotatable bonds is 15. The monoisotopic (exact) mass is 1990 g/mol. The average molecular weight is 1990 g/mol. The van der Waals surface area contributed by atoms with Gasteiger partial charge in [0.15, 0.2) is 209 Å². The van der Waals surface area contributed by atoms with Gasteiger partial charge in [0, 0.05) is 49.5 Å². The van der Waals surface area contributed by atoms with Gasteiger partial charge >= 0.3 is 7.32 Å². The summed E-state index contributed by atoms with van der Waals surface area (Å²) in [5.41, 5.74) is -64.9. The van der Waals surface area contributed by atoms with Crippen molar-refractivity contribution in [1.29, 1.82) is 0 Å². The Morgan fingerprint density at radius 3 is 0.390 bits per heavy atom. The number of nitrogens with zero attached hydrogens (tertiary/aromatic N) is 3. The van der Waals surface area contributed by atoms with Crippen LogP contribution >= 0.6 is 0 Å². The molecule has 15 rings (SSSR count). The van der Waals surface area contributed by atoms with Gasteiger partial charge in [0.05, 0.1) is 83.7 Å². The Kier molecular flexibility index (Phi) is 23.3. The van der Waals surface area contributed by atoms with Crippen LogP contribution in [0, 0.1) is 303 Å². The lowest BCUT2D eigenvalue weighted by Gasteiger charge is -2.24. The first-order valence-electron chi connectivity index (χ1n) is 36.1. The van der Waals surface area contributed by atoms with E-state index < -0.39 is 468 Å². The summed E-state index contributed by atoms with van der Waals surface area (Å²) in [6, 6.07) is -1.51. The lowest BCUT2D eigenvalue weighted by Crippen LogP contribution is -2.49. The van der Waals surface area contributed by atoms with Crippen LogP contribution in [0.1, 0.15) is 33.8 Å². The second-order valence-electron chi connectivity index (χ2n) is 28.8. The van der Waals surface area contributed by atoms with Gasteiger partial charge in [-0.25, -0.2) is 212 Å². The number of aryl methyl sites for hydroxylation is 3. The highest BCUT2D eigenvalue weighted by Crippen LogP contribution is 2.58. The average Bonchev–Trinajstić information content (AvgIpc) is 1.43. The van der Waals surface area contributed by atoms with E-state index in [9.17, 15) is 0 Å². The molecule has 0 aliphatic heterocycles. The predicted octanol–water partition coefficient (Wildman–Crippen LogP) is 27.3. The van der Waals surface area contributed by atoms with Crippen molar-refractivity contribution in [3.63, 3.8) is 0 Å². The molecule has 0 fully saturated rings. The van der Waals surface area contributed by atoms with E-state index >= 15 is 198 Å². The lowest BCUT2D eigenvalue weighted by atomic mass is 9.83. The molecule has 0 aliphatic carbocycles. The summed E-state index contributed by atoms with van der Waals surface area (Å²) < 4.78 is 748. The Bertz CT molecular complexity index is 7040. The molecule has 0 aliphatic rings. The minimum atomic E-state index is -4.24. The maximum Gasteiger partial charge on any atom is 0.926 e. The molecule has 3 aromatic heterocycles. The standard InChI is InChI=1S/C84H21BF45N3O3/c1-10-13(4)131(19-7-16(28-40(86)58(104)76(122)59(105)41(28)87)25(34-46(92)64(110)79(125)65(111)47(34)93)31(22(10)19)37-52(98)70(116)82(128)71(117)53(37)99)134-85(135-132-14(5)11(2)23-20(132)8-17(29-42(88)60(106)77(123)61(107)43(29)89)26(35-48(94)66(112)80(126)67(113)49(35)95)32(23)38-54(100)72(118)83(129)73(119)55(38)101)136-133-15(6)12(3)24-21(133)9-18(30-44(90)62(108)78(124)63(109)45(30)91)27(36-50(96)68(114)81(127)69(115)51(36)97)33(24)39-56(102)74(120)84(130)75(121)57(39)103/h7-9H,1-6H3. The van der Waals surface area contributed by atoms with Crippen molar-refractivity contribution in [2.45, 2.75) is 41.5 Å². The van der Waals surface area contributed by atoms with Crippen LogP contribution in [0.4, 0.5) is 198 Å². The molecule has 15 aromatic rings. The lowest BCUT2D eigenvalue weighted by molar-refractivity contribution is 0.0745. The minimum Gasteiger partial charge on any atom is -0.396 e. The molecule has 0 amide bonds. The number of halogens is 45. The molecule has 6 nitrogen and oxygen atoms in total. The van der Waals surface area contributed by atoms with Gasteiger partial charge in [0.1, 0.15) is 0 Å². The van der Waals surface area contributed by atoms with Crippen LogP contribution in [0.2, 0.25) is 0 Å². The van der Waals surface area contributed by atoms with Crippen molar-refractivity contribution >= 4 is 40.0 Å². The zero-order chi connectivity index (χ0) is 101. The third-order valence-corrected chi connectivity index (χ3v) is 22.0. The van der Waals surface area contributed by atoms with Crippen LogP contribution in [0.3, 0.4) is 0 Å². The number of hydrogen-bond acceptors (Lipinski definition) is 3. The van der Waals surface area contributed by atoms with Crippen LogP contribution in [0.25, 0.3) is 133 Å². The van der Waals surface area contributed by atoms with E-state index in [1.165, 1.54) is 0 Å². The fourth-order valence-corrected chi connectivity index (χ4v) is 15.5. The number of benzene rings is 12. The summed E-state index contributed by atoms with van der Waals surface area (Å²) in [6.07, 6.45) is 0. The summed E-state index contributed by atoms with van der Waals surface area (Å²) >= 11 is 0. The van der Waals surface area contributed by atoms with E-state index in [0.29, 0.717) is 41.5 Å². The fourth-order valence-electron chi connectivity index (χ4n) is 15.5. The molecule has 0 radical (unpaired) electrons. The third-order valence-electron chi connectivity index (χ3n) is 22.0. The van der Waals surface area contributed by atoms with Gasteiger partial charge < -0.3 is 14.3 Å². The first-order chi connectivity index (χ1) is 63.3. The molecular formula is C84H21BF45N3O3. The van der Waals surface area contributed by atoms with E-state index in [2.05, 4.69) is 0 Å². The SMILES string of the molecule is Cc1c(C)n(OB(On2c(C)c(C)c3c(-c4c(F)c(F)c(F)c(F)c4F)c(-c4c(F)c(F)c(F)c(F)c4F)c(-c4c(F)c(F)c(F)c(F)c4F)cc32)On2c(C)c(C)c3c(-c4c(F)c(F)c(F)c(F)c4F)c(-c4c(F)c(F)c(F)c(F)c4F)c(-c4c(F)c(F)c(F)c(F)c4F)cc32)c2cc(-c3c(F)c(F)c(F)c(F)c3F)c(-c3c(F)c(F)c(F)c(F)c3F)c(-c3c(F)c(F)c(F)c(F)c3F)c12. The van der Waals surface area contributed by atoms with Crippen LogP contribution in [-0.4, -0.2) is 21.5 Å². The fraction of sp³-hybridized carbons (Fsp3) is 0.0714. The topological polar surface area (TPSA) is 42.5 Å². The molecule has 0 unspecified atom stereocenters. The Labute approximate surface area is 719 Å². The van der Waals surface area contributed by atoms with Gasteiger partial charge in [-0.2, -0.15) is 0 Å². The number of aromatic nitrogens is 3. The highest BCUT2D eigenvalue weighted by molar-refractivity contribution is 6.37. The van der Waals surface area contributed by atoms with Crippen LogP contribution in [0.15, 0.2) is 18.2 Å². The highest BCUT2D eigenvalue weighted by atomic mass is 19.2. The molecule has 0 bridgehead atoms. The van der Waals surface area contributed by atoms with E-state index in [1.54, 1.807) is 0 Å². The quantitative estimate of drug-likeness (QED) is 0.0445. The van der Waals surface area contributed by atoms with E-state index in [0.717, 1.165) is 0 Å². The molecule has 0 N–H and O–H groups in total. The van der Waals surface area contributed by atoms with E-state index in [1.807, 2.05) is 0 Å². The molecule has 12 aromatic carbocycles. The maximum absolute atomic E-state index is 17.2. The number of fused-ring (bicyclic) bond motifs is 3. The van der Waals surface area contributed by atoms with Gasteiger partial charge in [-0.05, 0) is 93.1 Å². The van der Waals surface area contributed by atoms with Crippen molar-refractivity contribution in [2.75, 3.05) is 0 Å². The molecule has 708 valence electrons. The highest BCUT2D eigenvalue weighted by Gasteiger charge is 2.48. The second kappa shape index (κ2) is 33.0. The summed E-state index contributed by atoms with van der Waals surface area (Å²) in [5, 5.41) is -5.70. The van der Waals surface area contributed by atoms with Crippen LogP contribution in [-0.2, 0) is 0 Å². The normalized spacial score (nSPS) is 11.9. The van der Waals surface area contributed by atoms with Crippen LogP contribution in [0.5, 0.6) is 0 Å². The van der Waals surface area contributed by atoms with E-state index in [-0.39, 0.29) is 0 Å². The Morgan fingerprint density at radius 2 is 0.257 bits per heavy atom. The summed E-state index contributed by atoms with van der Waals surface area (Å²) in [7, 11) is -4.24. The van der Waals surface area contributed by atoms with E-state index in [4.69, 9.17) is 14.3 Å². The molecular weight excluding hydrogens is 1960 g/mol. The van der Waals surface area contributed by atoms with Gasteiger partial charge in [0.25, 0.3) is 0 Å². The molecule has 52 heteroatoms. The first kappa shape index (κ1) is 96.2. The Morgan fingerprint density at radius 1 is 0.147 bits per heavy atom. The Hall–Kier alpha value is -14.4. The van der Waals surface area contributed by atoms with Crippen molar-refractivity contribution in [2.24, 2.45) is 0 Å². The van der Waals surface area contributed by atoms with Gasteiger partial charge in [0.2, 0.25) is 52.4 Å². The largest absolute Gasteiger partial charge is 0.926 e. The summed E-state index contributed by atoms with van der Waals surface area (Å²) in [5.74, 6) is -153. The molecule has 0 saturated carbocycles. The first-order valence-corrected chi connectivity index (χ1v) is 36.1. The van der Waals surface area contributed by atoms with Crippen molar-refractivity contribution in [1.82, 2.24) is 14.2 Å². The van der Waals surface area contributed by atoms with Crippen molar-refractivity contribution < 1.29 is 212 Å². The third kappa shape index (κ3) is 13.1. The molecule has 0 spiro atoms.